The summed E-state index contributed by atoms with van der Waals surface area (Å²) in [4.78, 5) is 27.3. The van der Waals surface area contributed by atoms with Crippen molar-refractivity contribution in [3.8, 4) is 0 Å². The molecule has 1 heterocycles. The molecule has 1 unspecified atom stereocenters. The Labute approximate surface area is 126 Å². The van der Waals surface area contributed by atoms with Crippen LogP contribution in [-0.2, 0) is 11.2 Å². The number of hydrogen-bond donors (Lipinski definition) is 1. The summed E-state index contributed by atoms with van der Waals surface area (Å²) in [6.07, 6.45) is 4.88. The van der Waals surface area contributed by atoms with Gasteiger partial charge < -0.3 is 5.11 Å². The van der Waals surface area contributed by atoms with Crippen molar-refractivity contribution in [1.82, 2.24) is 9.55 Å². The molecule has 1 aromatic heterocycles. The fourth-order valence-electron chi connectivity index (χ4n) is 2.83. The van der Waals surface area contributed by atoms with Crippen molar-refractivity contribution in [2.24, 2.45) is 0 Å². The first-order valence-corrected chi connectivity index (χ1v) is 7.72. The summed E-state index contributed by atoms with van der Waals surface area (Å²) in [5.41, 5.74) is 1.69. The number of carbonyl (C=O) groups is 1. The molecule has 1 aromatic rings. The van der Waals surface area contributed by atoms with Crippen molar-refractivity contribution < 1.29 is 9.90 Å². The van der Waals surface area contributed by atoms with Crippen LogP contribution in [0, 0.1) is 13.8 Å². The highest BCUT2D eigenvalue weighted by Crippen LogP contribution is 2.23. The maximum Gasteiger partial charge on any atom is 0.348 e. The molecule has 0 aliphatic heterocycles. The van der Waals surface area contributed by atoms with E-state index in [2.05, 4.69) is 18.8 Å². The highest BCUT2D eigenvalue weighted by molar-refractivity contribution is 5.70. The molecule has 0 bridgehead atoms. The molecule has 21 heavy (non-hydrogen) atoms. The molecule has 1 atom stereocenters. The average Bonchev–Trinajstić information content (AvgIpc) is 2.40. The van der Waals surface area contributed by atoms with Crippen LogP contribution in [-0.4, -0.2) is 20.6 Å². The van der Waals surface area contributed by atoms with Crippen molar-refractivity contribution in [1.29, 1.82) is 0 Å². The maximum atomic E-state index is 12.3. The second-order valence-electron chi connectivity index (χ2n) is 5.57. The predicted molar refractivity (Wildman–Crippen MR) is 82.8 cm³/mol. The molecule has 0 radical (unpaired) electrons. The molecule has 1 N–H and O–H groups in total. The third-order valence-corrected chi connectivity index (χ3v) is 3.91. The first kappa shape index (κ1) is 17.4. The van der Waals surface area contributed by atoms with E-state index in [0.717, 1.165) is 37.8 Å². The fourth-order valence-corrected chi connectivity index (χ4v) is 2.83. The summed E-state index contributed by atoms with van der Waals surface area (Å²) in [6, 6.07) is 0.114. The second kappa shape index (κ2) is 7.96. The second-order valence-corrected chi connectivity index (χ2v) is 5.57. The van der Waals surface area contributed by atoms with Gasteiger partial charge in [-0.1, -0.05) is 33.1 Å². The van der Waals surface area contributed by atoms with Crippen LogP contribution in [0.2, 0.25) is 0 Å². The van der Waals surface area contributed by atoms with Gasteiger partial charge in [-0.2, -0.15) is 4.98 Å². The minimum Gasteiger partial charge on any atom is -0.481 e. The van der Waals surface area contributed by atoms with Gasteiger partial charge in [0.05, 0.1) is 6.42 Å². The van der Waals surface area contributed by atoms with E-state index in [1.807, 2.05) is 6.92 Å². The molecular formula is C16H26N2O3. The third-order valence-electron chi connectivity index (χ3n) is 3.91. The van der Waals surface area contributed by atoms with Crippen molar-refractivity contribution in [3.05, 3.63) is 27.4 Å². The highest BCUT2D eigenvalue weighted by atomic mass is 16.4. The first-order valence-electron chi connectivity index (χ1n) is 7.72. The van der Waals surface area contributed by atoms with Crippen LogP contribution in [0.3, 0.4) is 0 Å². The Morgan fingerprint density at radius 3 is 2.43 bits per heavy atom. The Kier molecular flexibility index (Phi) is 6.59. The van der Waals surface area contributed by atoms with Gasteiger partial charge in [-0.05, 0) is 26.7 Å². The van der Waals surface area contributed by atoms with Gasteiger partial charge in [0.1, 0.15) is 0 Å². The molecule has 5 heteroatoms. The summed E-state index contributed by atoms with van der Waals surface area (Å²) in [5, 5.41) is 9.04. The SMILES string of the molecule is CCCCC(CCC)n1c(C)c(CC(=O)O)c(C)nc1=O. The molecule has 0 spiro atoms. The standard InChI is InChI=1S/C16H26N2O3/c1-5-7-9-13(8-6-2)18-12(4)14(10-15(19)20)11(3)17-16(18)21/h13H,5-10H2,1-4H3,(H,19,20). The van der Waals surface area contributed by atoms with Crippen LogP contribution in [0.1, 0.15) is 68.9 Å². The summed E-state index contributed by atoms with van der Waals surface area (Å²) in [5.74, 6) is -0.895. The van der Waals surface area contributed by atoms with E-state index in [-0.39, 0.29) is 18.2 Å². The largest absolute Gasteiger partial charge is 0.481 e. The van der Waals surface area contributed by atoms with Gasteiger partial charge in [-0.3, -0.25) is 9.36 Å². The lowest BCUT2D eigenvalue weighted by atomic mass is 10.0. The number of aliphatic carboxylic acids is 1. The van der Waals surface area contributed by atoms with Gasteiger partial charge in [0.25, 0.3) is 0 Å². The summed E-state index contributed by atoms with van der Waals surface area (Å²) in [6.45, 7) is 7.77. The Morgan fingerprint density at radius 1 is 1.24 bits per heavy atom. The van der Waals surface area contributed by atoms with Gasteiger partial charge >= 0.3 is 11.7 Å². The van der Waals surface area contributed by atoms with Gasteiger partial charge in [0.2, 0.25) is 0 Å². The predicted octanol–water partition coefficient (Wildman–Crippen LogP) is 3.02. The molecule has 0 saturated heterocycles. The molecule has 0 saturated carbocycles. The fraction of sp³-hybridized carbons (Fsp3) is 0.688. The van der Waals surface area contributed by atoms with E-state index in [1.165, 1.54) is 0 Å². The molecule has 118 valence electrons. The molecule has 0 aliphatic rings. The molecule has 0 amide bonds. The van der Waals surface area contributed by atoms with Crippen LogP contribution in [0.5, 0.6) is 0 Å². The zero-order valence-corrected chi connectivity index (χ0v) is 13.5. The van der Waals surface area contributed by atoms with E-state index < -0.39 is 5.97 Å². The Hall–Kier alpha value is -1.65. The van der Waals surface area contributed by atoms with Crippen LogP contribution in [0.4, 0.5) is 0 Å². The summed E-state index contributed by atoms with van der Waals surface area (Å²) >= 11 is 0. The molecule has 0 aliphatic carbocycles. The Balaban J connectivity index is 3.31. The number of aromatic nitrogens is 2. The van der Waals surface area contributed by atoms with Gasteiger partial charge in [-0.25, -0.2) is 4.79 Å². The number of carboxylic acid groups (broad SMARTS) is 1. The minimum absolute atomic E-state index is 0.0857. The molecule has 5 nitrogen and oxygen atoms in total. The van der Waals surface area contributed by atoms with Crippen molar-refractivity contribution in [3.63, 3.8) is 0 Å². The van der Waals surface area contributed by atoms with Crippen LogP contribution < -0.4 is 5.69 Å². The summed E-state index contributed by atoms with van der Waals surface area (Å²) in [7, 11) is 0. The van der Waals surface area contributed by atoms with Gasteiger partial charge in [0, 0.05) is 23.0 Å². The van der Waals surface area contributed by atoms with E-state index in [9.17, 15) is 9.59 Å². The number of carboxylic acids is 1. The quantitative estimate of drug-likeness (QED) is 0.800. The first-order chi connectivity index (χ1) is 9.92. The van der Waals surface area contributed by atoms with Crippen LogP contribution in [0.15, 0.2) is 4.79 Å². The summed E-state index contributed by atoms with van der Waals surface area (Å²) < 4.78 is 1.71. The number of nitrogens with zero attached hydrogens (tertiary/aromatic N) is 2. The number of hydrogen-bond acceptors (Lipinski definition) is 3. The smallest absolute Gasteiger partial charge is 0.348 e. The average molecular weight is 294 g/mol. The van der Waals surface area contributed by atoms with Crippen molar-refractivity contribution in [2.75, 3.05) is 0 Å². The molecule has 0 aromatic carbocycles. The highest BCUT2D eigenvalue weighted by Gasteiger charge is 2.19. The lowest BCUT2D eigenvalue weighted by molar-refractivity contribution is -0.136. The molecular weight excluding hydrogens is 268 g/mol. The van der Waals surface area contributed by atoms with Crippen molar-refractivity contribution >= 4 is 5.97 Å². The van der Waals surface area contributed by atoms with E-state index >= 15 is 0 Å². The number of rotatable bonds is 8. The third kappa shape index (κ3) is 4.41. The maximum absolute atomic E-state index is 12.3. The van der Waals surface area contributed by atoms with Gasteiger partial charge in [-0.15, -0.1) is 0 Å². The lowest BCUT2D eigenvalue weighted by Gasteiger charge is -2.23. The van der Waals surface area contributed by atoms with E-state index in [1.54, 1.807) is 11.5 Å². The Morgan fingerprint density at radius 2 is 1.90 bits per heavy atom. The lowest BCUT2D eigenvalue weighted by Crippen LogP contribution is -2.31. The molecule has 0 fully saturated rings. The molecule has 1 rings (SSSR count). The Bertz CT molecular complexity index is 549. The zero-order chi connectivity index (χ0) is 16.0. The van der Waals surface area contributed by atoms with Crippen molar-refractivity contribution in [2.45, 2.75) is 72.3 Å². The van der Waals surface area contributed by atoms with E-state index in [4.69, 9.17) is 5.11 Å². The normalized spacial score (nSPS) is 12.4. The van der Waals surface area contributed by atoms with Crippen LogP contribution in [0.25, 0.3) is 0 Å². The zero-order valence-electron chi connectivity index (χ0n) is 13.5. The topological polar surface area (TPSA) is 72.2 Å². The van der Waals surface area contributed by atoms with Gasteiger partial charge in [0.15, 0.2) is 0 Å². The monoisotopic (exact) mass is 294 g/mol. The van der Waals surface area contributed by atoms with Crippen LogP contribution >= 0.6 is 0 Å². The minimum atomic E-state index is -0.895. The number of aryl methyl sites for hydroxylation is 1. The van der Waals surface area contributed by atoms with E-state index in [0.29, 0.717) is 11.3 Å². The number of unbranched alkanes of at least 4 members (excludes halogenated alkanes) is 1.